The Balaban J connectivity index is 0.000000739. The van der Waals surface area contributed by atoms with E-state index in [-0.39, 0.29) is 0 Å². The zero-order chi connectivity index (χ0) is 23.2. The smallest absolute Gasteiger partial charge is 0.0743 e. The maximum atomic E-state index is 4.67. The predicted octanol–water partition coefficient (Wildman–Crippen LogP) is 8.90. The van der Waals surface area contributed by atoms with Gasteiger partial charge in [0.15, 0.2) is 0 Å². The van der Waals surface area contributed by atoms with Crippen LogP contribution in [0, 0.1) is 13.8 Å². The summed E-state index contributed by atoms with van der Waals surface area (Å²) in [5, 5.41) is 4.67. The maximum absolute atomic E-state index is 4.67. The van der Waals surface area contributed by atoms with Crippen molar-refractivity contribution >= 4 is 0 Å². The first kappa shape index (κ1) is 25.9. The van der Waals surface area contributed by atoms with Crippen LogP contribution in [0.1, 0.15) is 52.8 Å². The Morgan fingerprint density at radius 3 is 1.71 bits per heavy atom. The summed E-state index contributed by atoms with van der Waals surface area (Å²) in [6, 6.07) is 29.7. The molecule has 0 aliphatic carbocycles. The summed E-state index contributed by atoms with van der Waals surface area (Å²) in [5.74, 6) is 0. The number of rotatable bonds is 3. The number of benzene rings is 3. The lowest BCUT2D eigenvalue weighted by atomic mass is 10.0. The van der Waals surface area contributed by atoms with Crippen molar-refractivity contribution in [1.29, 1.82) is 0 Å². The van der Waals surface area contributed by atoms with Crippen LogP contribution in [0.15, 0.2) is 84.9 Å². The molecular weight excluding hydrogens is 376 g/mol. The monoisotopic (exact) mass is 414 g/mol. The third kappa shape index (κ3) is 6.96. The predicted molar refractivity (Wildman–Crippen MR) is 138 cm³/mol. The highest BCUT2D eigenvalue weighted by Gasteiger charge is 2.10. The lowest BCUT2D eigenvalue weighted by molar-refractivity contribution is 0.869. The van der Waals surface area contributed by atoms with E-state index in [1.54, 1.807) is 0 Å². The Morgan fingerprint density at radius 1 is 0.548 bits per heavy atom. The lowest BCUT2D eigenvalue weighted by Crippen LogP contribution is -1.98. The van der Waals surface area contributed by atoms with Crippen LogP contribution in [-0.4, -0.2) is 9.78 Å². The molecule has 31 heavy (non-hydrogen) atoms. The molecule has 4 rings (SSSR count). The molecule has 0 radical (unpaired) electrons. The number of aromatic nitrogens is 2. The summed E-state index contributed by atoms with van der Waals surface area (Å²) >= 11 is 0. The van der Waals surface area contributed by atoms with E-state index >= 15 is 0 Å². The molecule has 0 fully saturated rings. The van der Waals surface area contributed by atoms with Crippen LogP contribution in [0.5, 0.6) is 0 Å². The molecular formula is C29H38N2. The van der Waals surface area contributed by atoms with Gasteiger partial charge < -0.3 is 0 Å². The van der Waals surface area contributed by atoms with Gasteiger partial charge in [0.1, 0.15) is 0 Å². The molecule has 164 valence electrons. The normalized spacial score (nSPS) is 9.29. The topological polar surface area (TPSA) is 17.8 Å². The summed E-state index contributed by atoms with van der Waals surface area (Å²) < 4.78 is 2.01. The summed E-state index contributed by atoms with van der Waals surface area (Å²) in [4.78, 5) is 0. The molecule has 1 aromatic heterocycles. The first-order chi connectivity index (χ1) is 15.2. The van der Waals surface area contributed by atoms with Crippen molar-refractivity contribution < 1.29 is 0 Å². The molecule has 2 nitrogen and oxygen atoms in total. The fraction of sp³-hybridized carbons (Fsp3) is 0.276. The van der Waals surface area contributed by atoms with E-state index in [1.807, 2.05) is 71.3 Å². The number of hydrogen-bond acceptors (Lipinski definition) is 1. The first-order valence-corrected chi connectivity index (χ1v) is 11.5. The second-order valence-corrected chi connectivity index (χ2v) is 6.37. The van der Waals surface area contributed by atoms with Gasteiger partial charge in [-0.25, -0.2) is 4.68 Å². The molecule has 0 aliphatic heterocycles. The second kappa shape index (κ2) is 14.0. The van der Waals surface area contributed by atoms with Crippen LogP contribution in [-0.2, 0) is 0 Å². The van der Waals surface area contributed by atoms with Gasteiger partial charge in [-0.1, -0.05) is 114 Å². The van der Waals surface area contributed by atoms with E-state index < -0.39 is 0 Å². The van der Waals surface area contributed by atoms with Crippen LogP contribution in [0.25, 0.3) is 28.1 Å². The van der Waals surface area contributed by atoms with Crippen LogP contribution in [0.4, 0.5) is 0 Å². The highest BCUT2D eigenvalue weighted by molar-refractivity contribution is 5.70. The molecule has 0 amide bonds. The lowest BCUT2D eigenvalue weighted by Gasteiger charge is -2.09. The standard InChI is InChI=1S/C23H20N2.3C2H6/c1-17-7-6-8-21(15-17)19-11-13-20(14-12-19)23-16-18(2)24-25(23)22-9-4-3-5-10-22;3*1-2/h3-16H,1-2H3;3*1-2H3. The fourth-order valence-electron chi connectivity index (χ4n) is 3.13. The van der Waals surface area contributed by atoms with Crippen molar-refractivity contribution in [2.75, 3.05) is 0 Å². The highest BCUT2D eigenvalue weighted by atomic mass is 15.3. The quantitative estimate of drug-likeness (QED) is 0.327. The third-order valence-corrected chi connectivity index (χ3v) is 4.36. The molecule has 0 bridgehead atoms. The van der Waals surface area contributed by atoms with Gasteiger partial charge in [-0.05, 0) is 43.2 Å². The van der Waals surface area contributed by atoms with Gasteiger partial charge in [-0.3, -0.25) is 0 Å². The number of hydrogen-bond donors (Lipinski definition) is 0. The molecule has 1 heterocycles. The van der Waals surface area contributed by atoms with E-state index in [4.69, 9.17) is 0 Å². The molecule has 3 aromatic carbocycles. The Bertz CT molecular complexity index is 997. The Hall–Kier alpha value is -3.13. The van der Waals surface area contributed by atoms with Crippen molar-refractivity contribution in [2.45, 2.75) is 55.4 Å². The van der Waals surface area contributed by atoms with Crippen molar-refractivity contribution in [3.8, 4) is 28.1 Å². The molecule has 0 saturated carbocycles. The van der Waals surface area contributed by atoms with Crippen molar-refractivity contribution in [3.05, 3.63) is 96.2 Å². The van der Waals surface area contributed by atoms with Crippen molar-refractivity contribution in [1.82, 2.24) is 9.78 Å². The SMILES string of the molecule is CC.CC.CC.Cc1cccc(-c2ccc(-c3cc(C)nn3-c3ccccc3)cc2)c1. The van der Waals surface area contributed by atoms with E-state index in [0.29, 0.717) is 0 Å². The van der Waals surface area contributed by atoms with Gasteiger partial charge in [-0.2, -0.15) is 5.10 Å². The molecule has 0 saturated heterocycles. The number of nitrogens with zero attached hydrogens (tertiary/aromatic N) is 2. The summed E-state index contributed by atoms with van der Waals surface area (Å²) in [6.07, 6.45) is 0. The maximum Gasteiger partial charge on any atom is 0.0743 e. The largest absolute Gasteiger partial charge is 0.233 e. The van der Waals surface area contributed by atoms with Gasteiger partial charge in [0, 0.05) is 5.56 Å². The van der Waals surface area contributed by atoms with Crippen LogP contribution in [0.2, 0.25) is 0 Å². The molecule has 0 atom stereocenters. The zero-order valence-electron chi connectivity index (χ0n) is 20.5. The fourth-order valence-corrected chi connectivity index (χ4v) is 3.13. The molecule has 4 aromatic rings. The van der Waals surface area contributed by atoms with Crippen LogP contribution in [0.3, 0.4) is 0 Å². The van der Waals surface area contributed by atoms with Gasteiger partial charge in [-0.15, -0.1) is 0 Å². The molecule has 0 N–H and O–H groups in total. The van der Waals surface area contributed by atoms with Crippen LogP contribution >= 0.6 is 0 Å². The minimum Gasteiger partial charge on any atom is -0.233 e. The van der Waals surface area contributed by atoms with E-state index in [9.17, 15) is 0 Å². The molecule has 0 spiro atoms. The van der Waals surface area contributed by atoms with Crippen molar-refractivity contribution in [3.63, 3.8) is 0 Å². The molecule has 0 unspecified atom stereocenters. The minimum absolute atomic E-state index is 1.02. The Labute approximate surface area is 189 Å². The summed E-state index contributed by atoms with van der Waals surface area (Å²) in [7, 11) is 0. The van der Waals surface area contributed by atoms with E-state index in [2.05, 4.69) is 78.8 Å². The van der Waals surface area contributed by atoms with Crippen molar-refractivity contribution in [2.24, 2.45) is 0 Å². The number of para-hydroxylation sites is 1. The first-order valence-electron chi connectivity index (χ1n) is 11.5. The van der Waals surface area contributed by atoms with Gasteiger partial charge in [0.25, 0.3) is 0 Å². The van der Waals surface area contributed by atoms with Gasteiger partial charge >= 0.3 is 0 Å². The third-order valence-electron chi connectivity index (χ3n) is 4.36. The summed E-state index contributed by atoms with van der Waals surface area (Å²) in [6.45, 7) is 16.2. The molecule has 0 aliphatic rings. The average Bonchev–Trinajstić information content (AvgIpc) is 3.25. The molecule has 2 heteroatoms. The highest BCUT2D eigenvalue weighted by Crippen LogP contribution is 2.27. The zero-order valence-corrected chi connectivity index (χ0v) is 20.5. The van der Waals surface area contributed by atoms with E-state index in [1.165, 1.54) is 22.3 Å². The van der Waals surface area contributed by atoms with Gasteiger partial charge in [0.2, 0.25) is 0 Å². The Kier molecular flexibility index (Phi) is 11.7. The number of aryl methyl sites for hydroxylation is 2. The average molecular weight is 415 g/mol. The second-order valence-electron chi connectivity index (χ2n) is 6.37. The minimum atomic E-state index is 1.02. The van der Waals surface area contributed by atoms with E-state index in [0.717, 1.165) is 17.1 Å². The van der Waals surface area contributed by atoms with Crippen LogP contribution < -0.4 is 0 Å². The summed E-state index contributed by atoms with van der Waals surface area (Å²) in [5.41, 5.74) is 8.13. The Morgan fingerprint density at radius 2 is 1.13 bits per heavy atom. The van der Waals surface area contributed by atoms with Gasteiger partial charge in [0.05, 0.1) is 17.1 Å².